The van der Waals surface area contributed by atoms with E-state index in [4.69, 9.17) is 4.42 Å². The summed E-state index contributed by atoms with van der Waals surface area (Å²) in [6.45, 7) is 4.49. The molecule has 2 aromatic rings. The quantitative estimate of drug-likeness (QED) is 0.829. The summed E-state index contributed by atoms with van der Waals surface area (Å²) in [5.41, 5.74) is 1.07. The second-order valence-corrected chi connectivity index (χ2v) is 5.54. The number of carbonyl (C=O) groups excluding carboxylic acids is 1. The summed E-state index contributed by atoms with van der Waals surface area (Å²) in [6, 6.07) is 9.79. The van der Waals surface area contributed by atoms with E-state index in [0.717, 1.165) is 5.56 Å². The molecule has 2 rings (SSSR count). The monoisotopic (exact) mass is 291 g/mol. The van der Waals surface area contributed by atoms with Crippen LogP contribution in [0.25, 0.3) is 0 Å². The molecular formula is C14H17N3O2S. The molecule has 0 atom stereocenters. The Morgan fingerprint density at radius 2 is 2.05 bits per heavy atom. The summed E-state index contributed by atoms with van der Waals surface area (Å²) in [5, 5.41) is 11.1. The maximum atomic E-state index is 11.7. The first kappa shape index (κ1) is 14.6. The number of amides is 1. The first-order chi connectivity index (χ1) is 9.65. The predicted octanol–water partition coefficient (Wildman–Crippen LogP) is 2.60. The number of benzene rings is 1. The second kappa shape index (κ2) is 7.09. The predicted molar refractivity (Wildman–Crippen MR) is 77.4 cm³/mol. The molecule has 0 spiro atoms. The number of rotatable bonds is 6. The van der Waals surface area contributed by atoms with Gasteiger partial charge < -0.3 is 9.73 Å². The fourth-order valence-corrected chi connectivity index (χ4v) is 2.09. The number of thioether (sulfide) groups is 1. The fourth-order valence-electron chi connectivity index (χ4n) is 1.49. The van der Waals surface area contributed by atoms with Gasteiger partial charge in [0.15, 0.2) is 0 Å². The van der Waals surface area contributed by atoms with Crippen LogP contribution in [0.4, 0.5) is 0 Å². The van der Waals surface area contributed by atoms with E-state index in [1.54, 1.807) is 0 Å². The molecule has 0 saturated carbocycles. The zero-order chi connectivity index (χ0) is 14.4. The van der Waals surface area contributed by atoms with Gasteiger partial charge in [0.25, 0.3) is 5.22 Å². The van der Waals surface area contributed by atoms with Gasteiger partial charge in [-0.25, -0.2) is 0 Å². The molecule has 0 aliphatic rings. The number of nitrogens with one attached hydrogen (secondary N) is 1. The minimum atomic E-state index is -0.0526. The van der Waals surface area contributed by atoms with E-state index in [1.165, 1.54) is 11.8 Å². The van der Waals surface area contributed by atoms with Crippen LogP contribution in [0.1, 0.15) is 31.2 Å². The molecule has 0 radical (unpaired) electrons. The van der Waals surface area contributed by atoms with Crippen LogP contribution in [0.15, 0.2) is 40.0 Å². The molecule has 1 amide bonds. The molecule has 1 N–H and O–H groups in total. The number of hydrogen-bond acceptors (Lipinski definition) is 5. The first-order valence-electron chi connectivity index (χ1n) is 6.42. The molecular weight excluding hydrogens is 274 g/mol. The van der Waals surface area contributed by atoms with Crippen LogP contribution in [0, 0.1) is 0 Å². The van der Waals surface area contributed by atoms with E-state index in [0.29, 0.717) is 17.7 Å². The van der Waals surface area contributed by atoms with Gasteiger partial charge in [-0.3, -0.25) is 4.79 Å². The average Bonchev–Trinajstić information content (AvgIpc) is 2.93. The van der Waals surface area contributed by atoms with Crippen LogP contribution < -0.4 is 5.32 Å². The third-order valence-corrected chi connectivity index (χ3v) is 3.39. The second-order valence-electron chi connectivity index (χ2n) is 4.61. The van der Waals surface area contributed by atoms with Crippen LogP contribution in [0.5, 0.6) is 0 Å². The SMILES string of the molecule is CC(C)c1nnc(SCC(=O)NCc2ccccc2)o1. The van der Waals surface area contributed by atoms with Gasteiger partial charge in [-0.2, -0.15) is 0 Å². The Morgan fingerprint density at radius 3 is 2.70 bits per heavy atom. The van der Waals surface area contributed by atoms with Crippen LogP contribution in [0.3, 0.4) is 0 Å². The summed E-state index contributed by atoms with van der Waals surface area (Å²) >= 11 is 1.25. The Morgan fingerprint density at radius 1 is 1.30 bits per heavy atom. The van der Waals surface area contributed by atoms with Gasteiger partial charge >= 0.3 is 0 Å². The summed E-state index contributed by atoms with van der Waals surface area (Å²) in [6.07, 6.45) is 0. The van der Waals surface area contributed by atoms with E-state index < -0.39 is 0 Å². The van der Waals surface area contributed by atoms with Crippen molar-refractivity contribution < 1.29 is 9.21 Å². The van der Waals surface area contributed by atoms with Gasteiger partial charge in [0.05, 0.1) is 5.75 Å². The van der Waals surface area contributed by atoms with Gasteiger partial charge in [0.1, 0.15) is 0 Å². The van der Waals surface area contributed by atoms with Crippen molar-refractivity contribution in [2.75, 3.05) is 5.75 Å². The van der Waals surface area contributed by atoms with Crippen molar-refractivity contribution >= 4 is 17.7 Å². The standard InChI is InChI=1S/C14H17N3O2S/c1-10(2)13-16-17-14(19-13)20-9-12(18)15-8-11-6-4-3-5-7-11/h3-7,10H,8-9H2,1-2H3,(H,15,18). The molecule has 6 heteroatoms. The molecule has 106 valence electrons. The molecule has 1 aromatic carbocycles. The Labute approximate surface area is 122 Å². The molecule has 20 heavy (non-hydrogen) atoms. The summed E-state index contributed by atoms with van der Waals surface area (Å²) in [5.74, 6) is 1.01. The Bertz CT molecular complexity index is 555. The van der Waals surface area contributed by atoms with Crippen molar-refractivity contribution in [3.63, 3.8) is 0 Å². The summed E-state index contributed by atoms with van der Waals surface area (Å²) in [4.78, 5) is 11.7. The minimum Gasteiger partial charge on any atom is -0.416 e. The van der Waals surface area contributed by atoms with Gasteiger partial charge in [-0.1, -0.05) is 55.9 Å². The van der Waals surface area contributed by atoms with Crippen molar-refractivity contribution in [3.8, 4) is 0 Å². The zero-order valence-corrected chi connectivity index (χ0v) is 12.3. The van der Waals surface area contributed by atoms with E-state index in [9.17, 15) is 4.79 Å². The van der Waals surface area contributed by atoms with Crippen molar-refractivity contribution in [2.45, 2.75) is 31.5 Å². The lowest BCUT2D eigenvalue weighted by Gasteiger charge is -2.03. The molecule has 5 nitrogen and oxygen atoms in total. The fraction of sp³-hybridized carbons (Fsp3) is 0.357. The molecule has 0 aliphatic heterocycles. The molecule has 0 aliphatic carbocycles. The van der Waals surface area contributed by atoms with Crippen molar-refractivity contribution in [3.05, 3.63) is 41.8 Å². The number of hydrogen-bond donors (Lipinski definition) is 1. The molecule has 0 bridgehead atoms. The Balaban J connectivity index is 1.74. The normalized spacial score (nSPS) is 10.8. The van der Waals surface area contributed by atoms with E-state index in [1.807, 2.05) is 44.2 Å². The molecule has 1 heterocycles. The highest BCUT2D eigenvalue weighted by Crippen LogP contribution is 2.19. The largest absolute Gasteiger partial charge is 0.416 e. The van der Waals surface area contributed by atoms with E-state index in [2.05, 4.69) is 15.5 Å². The van der Waals surface area contributed by atoms with Crippen LogP contribution in [0.2, 0.25) is 0 Å². The van der Waals surface area contributed by atoms with Gasteiger partial charge in [-0.15, -0.1) is 10.2 Å². The number of aromatic nitrogens is 2. The van der Waals surface area contributed by atoms with Crippen LogP contribution in [-0.4, -0.2) is 21.9 Å². The molecule has 0 fully saturated rings. The van der Waals surface area contributed by atoms with Gasteiger partial charge in [0.2, 0.25) is 11.8 Å². The zero-order valence-electron chi connectivity index (χ0n) is 11.5. The highest BCUT2D eigenvalue weighted by molar-refractivity contribution is 7.99. The highest BCUT2D eigenvalue weighted by atomic mass is 32.2. The Hall–Kier alpha value is -1.82. The average molecular weight is 291 g/mol. The van der Waals surface area contributed by atoms with Crippen molar-refractivity contribution in [1.29, 1.82) is 0 Å². The van der Waals surface area contributed by atoms with Gasteiger partial charge in [0, 0.05) is 12.5 Å². The molecule has 0 unspecified atom stereocenters. The lowest BCUT2D eigenvalue weighted by atomic mass is 10.2. The maximum absolute atomic E-state index is 11.7. The molecule has 0 saturated heterocycles. The first-order valence-corrected chi connectivity index (χ1v) is 7.40. The minimum absolute atomic E-state index is 0.0526. The van der Waals surface area contributed by atoms with E-state index in [-0.39, 0.29) is 17.6 Å². The van der Waals surface area contributed by atoms with Crippen LogP contribution in [-0.2, 0) is 11.3 Å². The third-order valence-electron chi connectivity index (χ3n) is 2.58. The van der Waals surface area contributed by atoms with E-state index >= 15 is 0 Å². The molecule has 1 aromatic heterocycles. The number of nitrogens with zero attached hydrogens (tertiary/aromatic N) is 2. The lowest BCUT2D eigenvalue weighted by molar-refractivity contribution is -0.118. The highest BCUT2D eigenvalue weighted by Gasteiger charge is 2.11. The van der Waals surface area contributed by atoms with Gasteiger partial charge in [-0.05, 0) is 5.56 Å². The topological polar surface area (TPSA) is 68.0 Å². The van der Waals surface area contributed by atoms with Crippen molar-refractivity contribution in [2.24, 2.45) is 0 Å². The number of carbonyl (C=O) groups is 1. The Kier molecular flexibility index (Phi) is 5.17. The summed E-state index contributed by atoms with van der Waals surface area (Å²) in [7, 11) is 0. The third kappa shape index (κ3) is 4.38. The van der Waals surface area contributed by atoms with Crippen molar-refractivity contribution in [1.82, 2.24) is 15.5 Å². The summed E-state index contributed by atoms with van der Waals surface area (Å²) < 4.78 is 5.42. The van der Waals surface area contributed by atoms with Crippen LogP contribution >= 0.6 is 11.8 Å². The lowest BCUT2D eigenvalue weighted by Crippen LogP contribution is -2.24. The smallest absolute Gasteiger partial charge is 0.277 e. The maximum Gasteiger partial charge on any atom is 0.277 e.